The van der Waals surface area contributed by atoms with E-state index in [0.29, 0.717) is 37.9 Å². The van der Waals surface area contributed by atoms with Crippen LogP contribution in [-0.2, 0) is 19.1 Å². The predicted octanol–water partition coefficient (Wildman–Crippen LogP) is 10.1. The van der Waals surface area contributed by atoms with Gasteiger partial charge < -0.3 is 9.47 Å². The Balaban J connectivity index is 3.58. The molecule has 0 bridgehead atoms. The monoisotopic (exact) mass is 524 g/mol. The van der Waals surface area contributed by atoms with E-state index in [4.69, 9.17) is 9.47 Å². The lowest BCUT2D eigenvalue weighted by Crippen LogP contribution is -2.13. The fourth-order valence-corrected chi connectivity index (χ4v) is 4.85. The highest BCUT2D eigenvalue weighted by Crippen LogP contribution is 2.24. The van der Waals surface area contributed by atoms with Gasteiger partial charge in [0.15, 0.2) is 0 Å². The number of ether oxygens (including phenoxy) is 2. The summed E-state index contributed by atoms with van der Waals surface area (Å²) in [5.41, 5.74) is 0. The van der Waals surface area contributed by atoms with Gasteiger partial charge in [0.2, 0.25) is 0 Å². The maximum Gasteiger partial charge on any atom is 0.305 e. The zero-order chi connectivity index (χ0) is 27.7. The lowest BCUT2D eigenvalue weighted by atomic mass is 9.86. The predicted molar refractivity (Wildman–Crippen MR) is 158 cm³/mol. The topological polar surface area (TPSA) is 52.6 Å². The molecule has 0 saturated carbocycles. The first kappa shape index (κ1) is 35.9. The van der Waals surface area contributed by atoms with Crippen molar-refractivity contribution in [1.82, 2.24) is 0 Å². The molecule has 0 aliphatic heterocycles. The van der Waals surface area contributed by atoms with Crippen LogP contribution in [0.25, 0.3) is 0 Å². The summed E-state index contributed by atoms with van der Waals surface area (Å²) in [4.78, 5) is 23.9. The molecule has 0 heterocycles. The van der Waals surface area contributed by atoms with Crippen molar-refractivity contribution in [2.45, 2.75) is 164 Å². The smallest absolute Gasteiger partial charge is 0.305 e. The van der Waals surface area contributed by atoms with Crippen molar-refractivity contribution in [3.63, 3.8) is 0 Å². The normalized spacial score (nSPS) is 12.5. The first-order chi connectivity index (χ1) is 17.7. The minimum Gasteiger partial charge on any atom is -0.466 e. The molecular formula is C33H64O4. The second-order valence-corrected chi connectivity index (χ2v) is 12.5. The van der Waals surface area contributed by atoms with E-state index >= 15 is 0 Å². The Labute approximate surface area is 231 Å². The average molecular weight is 525 g/mol. The number of hydrogen-bond acceptors (Lipinski definition) is 4. The molecule has 0 saturated heterocycles. The highest BCUT2D eigenvalue weighted by atomic mass is 16.5. The number of carbonyl (C=O) groups is 2. The van der Waals surface area contributed by atoms with E-state index in [0.717, 1.165) is 56.8 Å². The second-order valence-electron chi connectivity index (χ2n) is 12.5. The molecule has 0 radical (unpaired) electrons. The molecule has 0 aromatic carbocycles. The minimum atomic E-state index is -0.0155. The van der Waals surface area contributed by atoms with Crippen molar-refractivity contribution in [1.29, 1.82) is 0 Å². The van der Waals surface area contributed by atoms with Crippen LogP contribution in [0.1, 0.15) is 164 Å². The zero-order valence-electron chi connectivity index (χ0n) is 25.8. The molecule has 0 aromatic rings. The number of carbonyl (C=O) groups excluding carboxylic acids is 2. The van der Waals surface area contributed by atoms with Crippen molar-refractivity contribution in [2.75, 3.05) is 13.2 Å². The molecule has 0 fully saturated rings. The highest BCUT2D eigenvalue weighted by Gasteiger charge is 2.15. The van der Waals surface area contributed by atoms with E-state index in [9.17, 15) is 9.59 Å². The van der Waals surface area contributed by atoms with Crippen LogP contribution in [0.2, 0.25) is 0 Å². The number of esters is 2. The largest absolute Gasteiger partial charge is 0.466 e. The molecule has 0 rings (SSSR count). The van der Waals surface area contributed by atoms with E-state index in [1.807, 2.05) is 0 Å². The first-order valence-corrected chi connectivity index (χ1v) is 16.0. The Morgan fingerprint density at radius 3 is 1.32 bits per heavy atom. The van der Waals surface area contributed by atoms with Crippen molar-refractivity contribution < 1.29 is 19.1 Å². The minimum absolute atomic E-state index is 0.0100. The van der Waals surface area contributed by atoms with Crippen LogP contribution in [0.5, 0.6) is 0 Å². The van der Waals surface area contributed by atoms with Crippen LogP contribution in [0.4, 0.5) is 0 Å². The van der Waals surface area contributed by atoms with Gasteiger partial charge >= 0.3 is 11.9 Å². The molecule has 37 heavy (non-hydrogen) atoms. The van der Waals surface area contributed by atoms with Crippen molar-refractivity contribution in [2.24, 2.45) is 23.7 Å². The summed E-state index contributed by atoms with van der Waals surface area (Å²) in [6, 6.07) is 0. The molecule has 1 atom stereocenters. The second kappa shape index (κ2) is 25.2. The fourth-order valence-electron chi connectivity index (χ4n) is 4.85. The molecule has 0 amide bonds. The Hall–Kier alpha value is -1.06. The Morgan fingerprint density at radius 1 is 0.459 bits per heavy atom. The van der Waals surface area contributed by atoms with Gasteiger partial charge in [0.1, 0.15) is 0 Å². The standard InChI is InChI=1S/C33H64O4/c1-28(2)20-16-18-26-36-32(34)23-15-13-11-9-7-8-10-12-14-22-31(30(5)6)24-25-33(35)37-27-19-17-21-29(3)4/h28-31H,7-27H2,1-6H3. The van der Waals surface area contributed by atoms with Gasteiger partial charge in [0.05, 0.1) is 13.2 Å². The molecule has 0 aromatic heterocycles. The van der Waals surface area contributed by atoms with E-state index in [1.165, 1.54) is 64.2 Å². The van der Waals surface area contributed by atoms with Gasteiger partial charge in [-0.25, -0.2) is 0 Å². The fraction of sp³-hybridized carbons (Fsp3) is 0.939. The van der Waals surface area contributed by atoms with E-state index in [2.05, 4.69) is 41.5 Å². The molecule has 1 unspecified atom stereocenters. The summed E-state index contributed by atoms with van der Waals surface area (Å²) in [7, 11) is 0. The van der Waals surface area contributed by atoms with Gasteiger partial charge in [-0.2, -0.15) is 0 Å². The summed E-state index contributed by atoms with van der Waals surface area (Å²) < 4.78 is 10.8. The van der Waals surface area contributed by atoms with E-state index in [-0.39, 0.29) is 11.9 Å². The molecule has 0 aliphatic rings. The lowest BCUT2D eigenvalue weighted by molar-refractivity contribution is -0.145. The molecule has 4 heteroatoms. The van der Waals surface area contributed by atoms with E-state index < -0.39 is 0 Å². The van der Waals surface area contributed by atoms with Crippen LogP contribution in [-0.4, -0.2) is 25.2 Å². The summed E-state index contributed by atoms with van der Waals surface area (Å²) in [6.45, 7) is 14.7. The Bertz CT molecular complexity index is 526. The summed E-state index contributed by atoms with van der Waals surface area (Å²) in [6.07, 6.45) is 21.2. The number of hydrogen-bond donors (Lipinski definition) is 0. The van der Waals surface area contributed by atoms with E-state index in [1.54, 1.807) is 0 Å². The third kappa shape index (κ3) is 26.3. The summed E-state index contributed by atoms with van der Waals surface area (Å²) >= 11 is 0. The molecule has 0 spiro atoms. The van der Waals surface area contributed by atoms with Gasteiger partial charge in [-0.1, -0.05) is 112 Å². The van der Waals surface area contributed by atoms with Gasteiger partial charge in [0, 0.05) is 12.8 Å². The molecule has 220 valence electrons. The van der Waals surface area contributed by atoms with Crippen LogP contribution < -0.4 is 0 Å². The zero-order valence-corrected chi connectivity index (χ0v) is 25.8. The summed E-state index contributed by atoms with van der Waals surface area (Å²) in [5.74, 6) is 2.68. The average Bonchev–Trinajstić information content (AvgIpc) is 2.83. The number of rotatable bonds is 26. The van der Waals surface area contributed by atoms with Gasteiger partial charge in [-0.3, -0.25) is 9.59 Å². The molecule has 0 aliphatic carbocycles. The Kier molecular flexibility index (Phi) is 24.5. The van der Waals surface area contributed by atoms with Crippen LogP contribution in [0.3, 0.4) is 0 Å². The highest BCUT2D eigenvalue weighted by molar-refractivity contribution is 5.69. The van der Waals surface area contributed by atoms with Crippen LogP contribution >= 0.6 is 0 Å². The maximum atomic E-state index is 12.1. The van der Waals surface area contributed by atoms with Crippen molar-refractivity contribution >= 4 is 11.9 Å². The van der Waals surface area contributed by atoms with Gasteiger partial charge in [-0.05, 0) is 62.2 Å². The number of unbranched alkanes of at least 4 members (excludes halogenated alkanes) is 10. The maximum absolute atomic E-state index is 12.1. The van der Waals surface area contributed by atoms with Gasteiger partial charge in [-0.15, -0.1) is 0 Å². The lowest BCUT2D eigenvalue weighted by Gasteiger charge is -2.20. The van der Waals surface area contributed by atoms with Crippen molar-refractivity contribution in [3.8, 4) is 0 Å². The van der Waals surface area contributed by atoms with Crippen molar-refractivity contribution in [3.05, 3.63) is 0 Å². The first-order valence-electron chi connectivity index (χ1n) is 16.0. The van der Waals surface area contributed by atoms with Gasteiger partial charge in [0.25, 0.3) is 0 Å². The molecular weight excluding hydrogens is 460 g/mol. The van der Waals surface area contributed by atoms with Crippen LogP contribution in [0.15, 0.2) is 0 Å². The molecule has 0 N–H and O–H groups in total. The molecule has 4 nitrogen and oxygen atoms in total. The summed E-state index contributed by atoms with van der Waals surface area (Å²) in [5, 5.41) is 0. The SMILES string of the molecule is CC(C)CCCCOC(=O)CCCCCCCCCCCC(CCC(=O)OCCCCC(C)C)C(C)C. The Morgan fingerprint density at radius 2 is 0.865 bits per heavy atom. The quantitative estimate of drug-likeness (QED) is 0.0834. The third-order valence-electron chi connectivity index (χ3n) is 7.50. The van der Waals surface area contributed by atoms with Crippen LogP contribution in [0, 0.1) is 23.7 Å². The third-order valence-corrected chi connectivity index (χ3v) is 7.50.